The minimum Gasteiger partial charge on any atom is -0.461 e. The van der Waals surface area contributed by atoms with Gasteiger partial charge in [-0.15, -0.1) is 0 Å². The smallest absolute Gasteiger partial charge is 0.227 e. The van der Waals surface area contributed by atoms with Gasteiger partial charge in [-0.05, 0) is 37.1 Å². The second-order valence-corrected chi connectivity index (χ2v) is 6.20. The van der Waals surface area contributed by atoms with Gasteiger partial charge in [0.15, 0.2) is 0 Å². The molecule has 1 atom stereocenters. The van der Waals surface area contributed by atoms with Gasteiger partial charge in [-0.1, -0.05) is 36.4 Å². The molecule has 1 aliphatic rings. The van der Waals surface area contributed by atoms with E-state index in [0.717, 1.165) is 28.8 Å². The van der Waals surface area contributed by atoms with E-state index in [0.29, 0.717) is 12.8 Å². The van der Waals surface area contributed by atoms with E-state index >= 15 is 0 Å². The number of para-hydroxylation sites is 2. The zero-order valence-electron chi connectivity index (χ0n) is 13.2. The average Bonchev–Trinajstić information content (AvgIpc) is 3.12. The molecular formula is C20H19NO2. The zero-order valence-corrected chi connectivity index (χ0v) is 13.2. The van der Waals surface area contributed by atoms with Gasteiger partial charge in [-0.2, -0.15) is 0 Å². The largest absolute Gasteiger partial charge is 0.461 e. The lowest BCUT2D eigenvalue weighted by Crippen LogP contribution is -2.35. The van der Waals surface area contributed by atoms with Crippen LogP contribution in [0.3, 0.4) is 0 Å². The van der Waals surface area contributed by atoms with Crippen LogP contribution in [0.1, 0.15) is 24.7 Å². The first-order chi connectivity index (χ1) is 11.2. The van der Waals surface area contributed by atoms with E-state index in [1.165, 1.54) is 5.56 Å². The summed E-state index contributed by atoms with van der Waals surface area (Å²) in [7, 11) is 0. The molecular weight excluding hydrogens is 286 g/mol. The molecule has 2 heterocycles. The van der Waals surface area contributed by atoms with Crippen molar-refractivity contribution < 1.29 is 9.21 Å². The second kappa shape index (κ2) is 5.58. The summed E-state index contributed by atoms with van der Waals surface area (Å²) in [6, 6.07) is 18.4. The summed E-state index contributed by atoms with van der Waals surface area (Å²) >= 11 is 0. The number of nitrogens with zero attached hydrogens (tertiary/aromatic N) is 1. The molecule has 1 amide bonds. The maximum Gasteiger partial charge on any atom is 0.227 e. The standard InChI is InChI=1S/C20H19NO2/c1-14-12-15-6-2-4-8-18(15)21(14)20(22)11-10-17-13-16-7-3-5-9-19(16)23-17/h2-9,13-14H,10-12H2,1H3/t14-/m0/s1. The minimum atomic E-state index is 0.169. The second-order valence-electron chi connectivity index (χ2n) is 6.20. The van der Waals surface area contributed by atoms with Crippen molar-refractivity contribution in [2.45, 2.75) is 32.2 Å². The Morgan fingerprint density at radius 2 is 1.96 bits per heavy atom. The summed E-state index contributed by atoms with van der Waals surface area (Å²) in [5, 5.41) is 1.09. The van der Waals surface area contributed by atoms with Gasteiger partial charge < -0.3 is 9.32 Å². The molecule has 3 nitrogen and oxygen atoms in total. The van der Waals surface area contributed by atoms with E-state index in [2.05, 4.69) is 13.0 Å². The lowest BCUT2D eigenvalue weighted by molar-refractivity contribution is -0.118. The molecule has 4 rings (SSSR count). The summed E-state index contributed by atoms with van der Waals surface area (Å²) in [6.07, 6.45) is 2.05. The molecule has 0 saturated heterocycles. The SMILES string of the molecule is C[C@H]1Cc2ccccc2N1C(=O)CCc1cc2ccccc2o1. The van der Waals surface area contributed by atoms with Gasteiger partial charge in [0.25, 0.3) is 0 Å². The van der Waals surface area contributed by atoms with Crippen LogP contribution in [0.2, 0.25) is 0 Å². The maximum absolute atomic E-state index is 12.7. The fraction of sp³-hybridized carbons (Fsp3) is 0.250. The number of aryl methyl sites for hydroxylation is 1. The van der Waals surface area contributed by atoms with E-state index in [4.69, 9.17) is 4.42 Å². The fourth-order valence-corrected chi connectivity index (χ4v) is 3.46. The van der Waals surface area contributed by atoms with Crippen LogP contribution < -0.4 is 4.90 Å². The van der Waals surface area contributed by atoms with Gasteiger partial charge in [0.2, 0.25) is 5.91 Å². The number of rotatable bonds is 3. The van der Waals surface area contributed by atoms with Crippen molar-refractivity contribution in [1.82, 2.24) is 0 Å². The topological polar surface area (TPSA) is 33.5 Å². The lowest BCUT2D eigenvalue weighted by atomic mass is 10.1. The number of fused-ring (bicyclic) bond motifs is 2. The Hall–Kier alpha value is -2.55. The van der Waals surface area contributed by atoms with Crippen LogP contribution in [0, 0.1) is 0 Å². The number of hydrogen-bond acceptors (Lipinski definition) is 2. The number of benzene rings is 2. The fourth-order valence-electron chi connectivity index (χ4n) is 3.46. The molecule has 3 aromatic rings. The van der Waals surface area contributed by atoms with Crippen LogP contribution >= 0.6 is 0 Å². The molecule has 0 bridgehead atoms. The lowest BCUT2D eigenvalue weighted by Gasteiger charge is -2.22. The first-order valence-electron chi connectivity index (χ1n) is 8.10. The van der Waals surface area contributed by atoms with E-state index in [1.807, 2.05) is 53.4 Å². The van der Waals surface area contributed by atoms with Crippen molar-refractivity contribution in [3.8, 4) is 0 Å². The molecule has 1 aliphatic heterocycles. The first kappa shape index (κ1) is 14.1. The highest BCUT2D eigenvalue weighted by atomic mass is 16.3. The number of hydrogen-bond donors (Lipinski definition) is 0. The molecule has 0 radical (unpaired) electrons. The number of carbonyl (C=O) groups excluding carboxylic acids is 1. The molecule has 23 heavy (non-hydrogen) atoms. The Balaban J connectivity index is 1.50. The van der Waals surface area contributed by atoms with Gasteiger partial charge in [0.1, 0.15) is 11.3 Å². The highest BCUT2D eigenvalue weighted by molar-refractivity contribution is 5.96. The van der Waals surface area contributed by atoms with Gasteiger partial charge in [-0.25, -0.2) is 0 Å². The summed E-state index contributed by atoms with van der Waals surface area (Å²) in [4.78, 5) is 14.6. The zero-order chi connectivity index (χ0) is 15.8. The number of amides is 1. The van der Waals surface area contributed by atoms with Crippen molar-refractivity contribution >= 4 is 22.6 Å². The van der Waals surface area contributed by atoms with Crippen LogP contribution in [0.4, 0.5) is 5.69 Å². The van der Waals surface area contributed by atoms with Crippen LogP contribution in [0.5, 0.6) is 0 Å². The molecule has 0 unspecified atom stereocenters. The van der Waals surface area contributed by atoms with Crippen LogP contribution in [0.15, 0.2) is 59.0 Å². The maximum atomic E-state index is 12.7. The highest BCUT2D eigenvalue weighted by Crippen LogP contribution is 2.32. The van der Waals surface area contributed by atoms with Crippen LogP contribution in [0.25, 0.3) is 11.0 Å². The third-order valence-electron chi connectivity index (χ3n) is 4.54. The van der Waals surface area contributed by atoms with Crippen molar-refractivity contribution in [2.24, 2.45) is 0 Å². The molecule has 0 aliphatic carbocycles. The Bertz CT molecular complexity index is 832. The molecule has 3 heteroatoms. The van der Waals surface area contributed by atoms with Gasteiger partial charge in [-0.3, -0.25) is 4.79 Å². The quantitative estimate of drug-likeness (QED) is 0.721. The van der Waals surface area contributed by atoms with E-state index in [9.17, 15) is 4.79 Å². The minimum absolute atomic E-state index is 0.169. The van der Waals surface area contributed by atoms with Crippen molar-refractivity contribution in [3.05, 3.63) is 65.9 Å². The third-order valence-corrected chi connectivity index (χ3v) is 4.54. The average molecular weight is 305 g/mol. The number of anilines is 1. The van der Waals surface area contributed by atoms with Crippen LogP contribution in [-0.2, 0) is 17.6 Å². The summed E-state index contributed by atoms with van der Waals surface area (Å²) in [5.74, 6) is 1.04. The molecule has 0 saturated carbocycles. The van der Waals surface area contributed by atoms with Gasteiger partial charge in [0, 0.05) is 30.0 Å². The summed E-state index contributed by atoms with van der Waals surface area (Å²) in [6.45, 7) is 2.11. The van der Waals surface area contributed by atoms with Crippen molar-refractivity contribution in [2.75, 3.05) is 4.90 Å². The van der Waals surface area contributed by atoms with E-state index in [-0.39, 0.29) is 11.9 Å². The monoisotopic (exact) mass is 305 g/mol. The number of furan rings is 1. The third kappa shape index (κ3) is 2.52. The normalized spacial score (nSPS) is 16.7. The molecule has 0 fully saturated rings. The molecule has 2 aromatic carbocycles. The Morgan fingerprint density at radius 1 is 1.17 bits per heavy atom. The predicted molar refractivity (Wildman–Crippen MR) is 91.6 cm³/mol. The predicted octanol–water partition coefficient (Wildman–Crippen LogP) is 4.34. The van der Waals surface area contributed by atoms with Crippen molar-refractivity contribution in [1.29, 1.82) is 0 Å². The van der Waals surface area contributed by atoms with Crippen LogP contribution in [-0.4, -0.2) is 11.9 Å². The molecule has 0 spiro atoms. The van der Waals surface area contributed by atoms with Gasteiger partial charge >= 0.3 is 0 Å². The first-order valence-corrected chi connectivity index (χ1v) is 8.10. The molecule has 116 valence electrons. The number of carbonyl (C=O) groups is 1. The summed E-state index contributed by atoms with van der Waals surface area (Å²) < 4.78 is 5.81. The Kier molecular flexibility index (Phi) is 3.41. The highest BCUT2D eigenvalue weighted by Gasteiger charge is 2.30. The van der Waals surface area contributed by atoms with Gasteiger partial charge in [0.05, 0.1) is 0 Å². The van der Waals surface area contributed by atoms with E-state index < -0.39 is 0 Å². The van der Waals surface area contributed by atoms with Crippen molar-refractivity contribution in [3.63, 3.8) is 0 Å². The molecule has 0 N–H and O–H groups in total. The Morgan fingerprint density at radius 3 is 2.83 bits per heavy atom. The summed E-state index contributed by atoms with van der Waals surface area (Å²) in [5.41, 5.74) is 3.21. The molecule has 1 aromatic heterocycles. The van der Waals surface area contributed by atoms with E-state index in [1.54, 1.807) is 0 Å². The Labute approximate surface area is 135 Å².